The van der Waals surface area contributed by atoms with E-state index in [2.05, 4.69) is 20.6 Å². The first-order valence-electron chi connectivity index (χ1n) is 10.2. The number of aryl methyl sites for hydroxylation is 1. The van der Waals surface area contributed by atoms with Gasteiger partial charge in [0.05, 0.1) is 31.7 Å². The van der Waals surface area contributed by atoms with Crippen LogP contribution in [0.5, 0.6) is 5.75 Å². The maximum atomic E-state index is 12.8. The number of rotatable bonds is 8. The molecule has 4 rings (SSSR count). The van der Waals surface area contributed by atoms with Crippen LogP contribution in [0.25, 0.3) is 5.13 Å². The first-order chi connectivity index (χ1) is 16.2. The topological polar surface area (TPSA) is 159 Å². The molecule has 1 N–H and O–H groups in total. The monoisotopic (exact) mass is 510 g/mol. The molecule has 4 heterocycles. The zero-order valence-electron chi connectivity index (χ0n) is 18.5. The van der Waals surface area contributed by atoms with Crippen LogP contribution < -0.4 is 20.6 Å². The third-order valence-corrected chi connectivity index (χ3v) is 6.50. The number of nitrogens with one attached hydrogen (secondary N) is 1. The number of hydrogen-bond acceptors (Lipinski definition) is 12. The number of aromatic nitrogens is 4. The van der Waals surface area contributed by atoms with Crippen molar-refractivity contribution >= 4 is 38.2 Å². The molecular formula is C19H22N6O7S2. The van der Waals surface area contributed by atoms with E-state index in [4.69, 9.17) is 13.3 Å². The summed E-state index contributed by atoms with van der Waals surface area (Å²) in [4.78, 5) is 27.2. The molecule has 182 valence electrons. The summed E-state index contributed by atoms with van der Waals surface area (Å²) in [6.07, 6.45) is 3.97. The molecule has 0 aliphatic carbocycles. The molecule has 0 radical (unpaired) electrons. The molecule has 0 spiro atoms. The van der Waals surface area contributed by atoms with Crippen molar-refractivity contribution in [3.63, 3.8) is 0 Å². The maximum absolute atomic E-state index is 12.8. The van der Waals surface area contributed by atoms with Gasteiger partial charge in [-0.3, -0.25) is 14.3 Å². The van der Waals surface area contributed by atoms with Crippen molar-refractivity contribution in [1.82, 2.24) is 20.0 Å². The van der Waals surface area contributed by atoms with Gasteiger partial charge >= 0.3 is 5.63 Å². The molecule has 0 bridgehead atoms. The minimum atomic E-state index is -3.63. The number of carbonyl (C=O) groups excluding carboxylic acids is 1. The summed E-state index contributed by atoms with van der Waals surface area (Å²) in [7, 11) is -2.32. The van der Waals surface area contributed by atoms with Crippen molar-refractivity contribution in [3.8, 4) is 10.9 Å². The largest absolute Gasteiger partial charge is 0.488 e. The Morgan fingerprint density at radius 1 is 1.38 bits per heavy atom. The van der Waals surface area contributed by atoms with E-state index in [1.807, 2.05) is 6.92 Å². The van der Waals surface area contributed by atoms with Crippen LogP contribution in [0.2, 0.25) is 0 Å². The second-order valence-corrected chi connectivity index (χ2v) is 10.1. The summed E-state index contributed by atoms with van der Waals surface area (Å²) in [6, 6.07) is 2.86. The second-order valence-electron chi connectivity index (χ2n) is 7.52. The number of carbonyl (C=O) groups is 1. The molecule has 3 aromatic rings. The van der Waals surface area contributed by atoms with E-state index >= 15 is 0 Å². The summed E-state index contributed by atoms with van der Waals surface area (Å²) in [5.74, 6) is -1.05. The van der Waals surface area contributed by atoms with Crippen LogP contribution in [-0.4, -0.2) is 66.9 Å². The number of amides is 1. The predicted octanol–water partition coefficient (Wildman–Crippen LogP) is 1.19. The fourth-order valence-electron chi connectivity index (χ4n) is 3.59. The Balaban J connectivity index is 1.58. The summed E-state index contributed by atoms with van der Waals surface area (Å²) >= 11 is 1.10. The van der Waals surface area contributed by atoms with Gasteiger partial charge in [0.2, 0.25) is 16.0 Å². The highest BCUT2D eigenvalue weighted by Crippen LogP contribution is 2.33. The highest BCUT2D eigenvalue weighted by Gasteiger charge is 2.31. The maximum Gasteiger partial charge on any atom is 0.381 e. The van der Waals surface area contributed by atoms with Crippen molar-refractivity contribution in [2.75, 3.05) is 36.7 Å². The van der Waals surface area contributed by atoms with Crippen molar-refractivity contribution in [2.45, 2.75) is 25.8 Å². The molecule has 1 aliphatic rings. The van der Waals surface area contributed by atoms with Gasteiger partial charge in [0.25, 0.3) is 16.0 Å². The van der Waals surface area contributed by atoms with Gasteiger partial charge in [-0.2, -0.15) is 13.5 Å². The molecule has 0 saturated carbocycles. The number of nitrogens with zero attached hydrogens (tertiary/aromatic N) is 5. The normalized spacial score (nSPS) is 16.1. The molecular weight excluding hydrogens is 488 g/mol. The van der Waals surface area contributed by atoms with Crippen LogP contribution in [0.1, 0.15) is 29.1 Å². The Hall–Kier alpha value is -3.30. The van der Waals surface area contributed by atoms with E-state index in [0.29, 0.717) is 23.8 Å². The SMILES string of the molecule is COc1c(N2CCC[C@@H]2COS(C)(=O)=O)cc(C(=O)Nc2nnc(-n3nccc3C)s2)oc1=O. The molecule has 1 atom stereocenters. The van der Waals surface area contributed by atoms with Gasteiger partial charge in [-0.1, -0.05) is 11.3 Å². The van der Waals surface area contributed by atoms with Gasteiger partial charge in [-0.25, -0.2) is 9.48 Å². The standard InChI is InChI=1S/C19H22N6O7S2/c1-11-6-7-20-25(11)19-23-22-18(33-19)21-16(26)14-9-13(15(30-2)17(27)32-14)24-8-4-5-12(24)10-31-34(3,28)29/h6-7,9,12H,4-5,8,10H2,1-3H3,(H,21,22,26)/t12-/m1/s1. The predicted molar refractivity (Wildman–Crippen MR) is 122 cm³/mol. The van der Waals surface area contributed by atoms with Gasteiger partial charge in [0.15, 0.2) is 5.76 Å². The minimum Gasteiger partial charge on any atom is -0.488 e. The first-order valence-corrected chi connectivity index (χ1v) is 12.8. The summed E-state index contributed by atoms with van der Waals surface area (Å²) in [6.45, 7) is 2.28. The van der Waals surface area contributed by atoms with Gasteiger partial charge in [0, 0.05) is 24.5 Å². The lowest BCUT2D eigenvalue weighted by Crippen LogP contribution is -2.35. The molecule has 34 heavy (non-hydrogen) atoms. The lowest BCUT2D eigenvalue weighted by atomic mass is 10.2. The lowest BCUT2D eigenvalue weighted by molar-refractivity contribution is 0.0991. The molecule has 0 aromatic carbocycles. The number of hydrogen-bond donors (Lipinski definition) is 1. The third kappa shape index (κ3) is 5.10. The van der Waals surface area contributed by atoms with E-state index in [1.165, 1.54) is 13.2 Å². The van der Waals surface area contributed by atoms with E-state index < -0.39 is 21.7 Å². The summed E-state index contributed by atoms with van der Waals surface area (Å²) in [5, 5.41) is 15.3. The Labute approximate surface area is 198 Å². The van der Waals surface area contributed by atoms with E-state index in [0.717, 1.165) is 29.7 Å². The number of ether oxygens (including phenoxy) is 1. The second kappa shape index (κ2) is 9.52. The van der Waals surface area contributed by atoms with Crippen LogP contribution in [0.15, 0.2) is 27.5 Å². The quantitative estimate of drug-likeness (QED) is 0.434. The van der Waals surface area contributed by atoms with Crippen molar-refractivity contribution < 1.29 is 26.5 Å². The van der Waals surface area contributed by atoms with Crippen molar-refractivity contribution in [1.29, 1.82) is 0 Å². The van der Waals surface area contributed by atoms with Crippen molar-refractivity contribution in [2.24, 2.45) is 0 Å². The molecule has 1 aliphatic heterocycles. The smallest absolute Gasteiger partial charge is 0.381 e. The molecule has 3 aromatic heterocycles. The van der Waals surface area contributed by atoms with E-state index in [-0.39, 0.29) is 29.3 Å². The zero-order chi connectivity index (χ0) is 24.5. The molecule has 15 heteroatoms. The Kier molecular flexibility index (Phi) is 6.67. The summed E-state index contributed by atoms with van der Waals surface area (Å²) < 4.78 is 39.8. The van der Waals surface area contributed by atoms with Crippen LogP contribution in [0, 0.1) is 6.92 Å². The van der Waals surface area contributed by atoms with E-state index in [9.17, 15) is 18.0 Å². The van der Waals surface area contributed by atoms with Gasteiger partial charge in [0.1, 0.15) is 0 Å². The Morgan fingerprint density at radius 2 is 2.18 bits per heavy atom. The molecule has 13 nitrogen and oxygen atoms in total. The fraction of sp³-hybridized carbons (Fsp3) is 0.421. The van der Waals surface area contributed by atoms with Crippen molar-refractivity contribution in [3.05, 3.63) is 40.2 Å². The van der Waals surface area contributed by atoms with Gasteiger partial charge in [-0.05, 0) is 25.8 Å². The average molecular weight is 511 g/mol. The Bertz CT molecular complexity index is 1360. The zero-order valence-corrected chi connectivity index (χ0v) is 20.2. The summed E-state index contributed by atoms with van der Waals surface area (Å²) in [5.41, 5.74) is 0.318. The van der Waals surface area contributed by atoms with Crippen LogP contribution >= 0.6 is 11.3 Å². The first kappa shape index (κ1) is 23.8. The van der Waals surface area contributed by atoms with Gasteiger partial charge in [-0.15, -0.1) is 10.2 Å². The number of anilines is 2. The lowest BCUT2D eigenvalue weighted by Gasteiger charge is -2.27. The average Bonchev–Trinajstić information content (AvgIpc) is 3.52. The van der Waals surface area contributed by atoms with Crippen LogP contribution in [0.3, 0.4) is 0 Å². The number of methoxy groups -OCH3 is 1. The van der Waals surface area contributed by atoms with Crippen LogP contribution in [-0.2, 0) is 14.3 Å². The molecule has 1 amide bonds. The van der Waals surface area contributed by atoms with Crippen LogP contribution in [0.4, 0.5) is 10.8 Å². The molecule has 0 unspecified atom stereocenters. The molecule has 1 saturated heterocycles. The highest BCUT2D eigenvalue weighted by molar-refractivity contribution is 7.85. The van der Waals surface area contributed by atoms with E-state index in [1.54, 1.807) is 21.8 Å². The third-order valence-electron chi connectivity index (χ3n) is 5.13. The Morgan fingerprint density at radius 3 is 2.85 bits per heavy atom. The highest BCUT2D eigenvalue weighted by atomic mass is 32.2. The van der Waals surface area contributed by atoms with Gasteiger partial charge < -0.3 is 14.1 Å². The molecule has 1 fully saturated rings. The fourth-order valence-corrected chi connectivity index (χ4v) is 4.75. The minimum absolute atomic E-state index is 0.0878.